The molecule has 1 aliphatic rings. The highest BCUT2D eigenvalue weighted by molar-refractivity contribution is 6.30. The van der Waals surface area contributed by atoms with Crippen molar-refractivity contribution >= 4 is 35.1 Å². The lowest BCUT2D eigenvalue weighted by Gasteiger charge is -2.22. The number of ketones is 1. The van der Waals surface area contributed by atoms with E-state index >= 15 is 0 Å². The summed E-state index contributed by atoms with van der Waals surface area (Å²) < 4.78 is 0. The first-order valence-electron chi connectivity index (χ1n) is 8.52. The van der Waals surface area contributed by atoms with Gasteiger partial charge in [0.05, 0.1) is 0 Å². The molecule has 1 aromatic rings. The molecular formula is C18H22ClN3O4. The van der Waals surface area contributed by atoms with Crippen molar-refractivity contribution in [3.05, 3.63) is 34.9 Å². The second-order valence-electron chi connectivity index (χ2n) is 6.18. The Bertz CT molecular complexity index is 690. The van der Waals surface area contributed by atoms with E-state index in [0.717, 1.165) is 6.42 Å². The first-order valence-corrected chi connectivity index (χ1v) is 8.90. The quantitative estimate of drug-likeness (QED) is 0.663. The normalized spacial score (nSPS) is 16.3. The van der Waals surface area contributed by atoms with Gasteiger partial charge in [-0.3, -0.25) is 19.2 Å². The van der Waals surface area contributed by atoms with Gasteiger partial charge >= 0.3 is 0 Å². The lowest BCUT2D eigenvalue weighted by molar-refractivity contribution is -0.137. The highest BCUT2D eigenvalue weighted by atomic mass is 35.5. The topological polar surface area (TPSA) is 110 Å². The number of amides is 3. The minimum atomic E-state index is -0.546. The first-order chi connectivity index (χ1) is 12.4. The fraction of sp³-hybridized carbons (Fsp3) is 0.444. The van der Waals surface area contributed by atoms with E-state index in [2.05, 4.69) is 5.32 Å². The zero-order valence-electron chi connectivity index (χ0n) is 14.4. The minimum Gasteiger partial charge on any atom is -0.368 e. The lowest BCUT2D eigenvalue weighted by Crippen LogP contribution is -2.44. The molecule has 3 amide bonds. The fourth-order valence-corrected chi connectivity index (χ4v) is 3.04. The van der Waals surface area contributed by atoms with Crippen LogP contribution in [0.15, 0.2) is 24.3 Å². The number of halogens is 1. The highest BCUT2D eigenvalue weighted by Crippen LogP contribution is 2.17. The Balaban J connectivity index is 1.68. The van der Waals surface area contributed by atoms with Gasteiger partial charge in [0, 0.05) is 42.9 Å². The summed E-state index contributed by atoms with van der Waals surface area (Å²) in [6.45, 7) is 0.671. The van der Waals surface area contributed by atoms with E-state index in [1.807, 2.05) is 0 Å². The van der Waals surface area contributed by atoms with Gasteiger partial charge in [-0.05, 0) is 37.1 Å². The van der Waals surface area contributed by atoms with E-state index in [1.165, 1.54) is 4.90 Å². The predicted octanol–water partition coefficient (Wildman–Crippen LogP) is 1.29. The van der Waals surface area contributed by atoms with Crippen LogP contribution >= 0.6 is 11.6 Å². The van der Waals surface area contributed by atoms with E-state index in [1.54, 1.807) is 24.3 Å². The third-order valence-corrected chi connectivity index (χ3v) is 4.56. The summed E-state index contributed by atoms with van der Waals surface area (Å²) in [6.07, 6.45) is 1.56. The van der Waals surface area contributed by atoms with Crippen LogP contribution in [-0.2, 0) is 14.4 Å². The van der Waals surface area contributed by atoms with Crippen molar-refractivity contribution in [3.63, 3.8) is 0 Å². The summed E-state index contributed by atoms with van der Waals surface area (Å²) in [5.74, 6) is -1.15. The summed E-state index contributed by atoms with van der Waals surface area (Å²) in [7, 11) is 0. The molecule has 26 heavy (non-hydrogen) atoms. The Morgan fingerprint density at radius 1 is 1.12 bits per heavy atom. The predicted molar refractivity (Wildman–Crippen MR) is 96.6 cm³/mol. The first kappa shape index (κ1) is 19.9. The molecule has 1 heterocycles. The van der Waals surface area contributed by atoms with Crippen molar-refractivity contribution in [2.45, 2.75) is 38.1 Å². The van der Waals surface area contributed by atoms with Gasteiger partial charge in [0.15, 0.2) is 5.78 Å². The van der Waals surface area contributed by atoms with Gasteiger partial charge in [0.1, 0.15) is 6.04 Å². The fourth-order valence-electron chi connectivity index (χ4n) is 2.91. The van der Waals surface area contributed by atoms with Crippen molar-refractivity contribution in [1.82, 2.24) is 10.2 Å². The van der Waals surface area contributed by atoms with Crippen molar-refractivity contribution in [3.8, 4) is 0 Å². The Labute approximate surface area is 156 Å². The van der Waals surface area contributed by atoms with Crippen molar-refractivity contribution in [2.24, 2.45) is 5.73 Å². The van der Waals surface area contributed by atoms with Crippen LogP contribution in [-0.4, -0.2) is 47.5 Å². The van der Waals surface area contributed by atoms with E-state index in [-0.39, 0.29) is 43.4 Å². The maximum absolute atomic E-state index is 12.1. The zero-order valence-corrected chi connectivity index (χ0v) is 15.1. The second-order valence-corrected chi connectivity index (χ2v) is 6.61. The zero-order chi connectivity index (χ0) is 19.1. The number of nitrogens with zero attached hydrogens (tertiary/aromatic N) is 1. The SMILES string of the molecule is NC(=O)C1CCCN1C(=O)CCNC(=O)CCC(=O)c1ccc(Cl)cc1. The number of Topliss-reactive ketones (excluding diaryl/α,β-unsaturated/α-hetero) is 1. The van der Waals surface area contributed by atoms with Gasteiger partial charge in [-0.25, -0.2) is 0 Å². The van der Waals surface area contributed by atoms with Crippen LogP contribution in [0.2, 0.25) is 5.02 Å². The number of carbonyl (C=O) groups is 4. The van der Waals surface area contributed by atoms with E-state index < -0.39 is 11.9 Å². The molecular weight excluding hydrogens is 358 g/mol. The molecule has 0 saturated carbocycles. The molecule has 1 aromatic carbocycles. The number of hydrogen-bond acceptors (Lipinski definition) is 4. The molecule has 140 valence electrons. The maximum Gasteiger partial charge on any atom is 0.240 e. The molecule has 0 aromatic heterocycles. The Morgan fingerprint density at radius 2 is 1.81 bits per heavy atom. The average Bonchev–Trinajstić information content (AvgIpc) is 3.10. The minimum absolute atomic E-state index is 0.0449. The molecule has 7 nitrogen and oxygen atoms in total. The molecule has 1 unspecified atom stereocenters. The van der Waals surface area contributed by atoms with E-state index in [0.29, 0.717) is 23.6 Å². The Kier molecular flexibility index (Phi) is 7.15. The number of hydrogen-bond donors (Lipinski definition) is 2. The maximum atomic E-state index is 12.1. The van der Waals surface area contributed by atoms with Gasteiger partial charge in [0.25, 0.3) is 0 Å². The van der Waals surface area contributed by atoms with Crippen LogP contribution in [0.25, 0.3) is 0 Å². The summed E-state index contributed by atoms with van der Waals surface area (Å²) >= 11 is 5.77. The van der Waals surface area contributed by atoms with Gasteiger partial charge in [-0.15, -0.1) is 0 Å². The van der Waals surface area contributed by atoms with Crippen molar-refractivity contribution in [2.75, 3.05) is 13.1 Å². The molecule has 0 spiro atoms. The molecule has 8 heteroatoms. The smallest absolute Gasteiger partial charge is 0.240 e. The van der Waals surface area contributed by atoms with Gasteiger partial charge in [0.2, 0.25) is 17.7 Å². The molecule has 1 fully saturated rings. The number of carbonyl (C=O) groups excluding carboxylic acids is 4. The number of nitrogens with one attached hydrogen (secondary N) is 1. The molecule has 0 aliphatic carbocycles. The third kappa shape index (κ3) is 5.56. The number of rotatable bonds is 8. The van der Waals surface area contributed by atoms with Crippen LogP contribution in [0, 0.1) is 0 Å². The molecule has 3 N–H and O–H groups in total. The number of primary amides is 1. The second kappa shape index (κ2) is 9.33. The van der Waals surface area contributed by atoms with E-state index in [4.69, 9.17) is 17.3 Å². The van der Waals surface area contributed by atoms with Gasteiger partial charge in [-0.1, -0.05) is 11.6 Å². The lowest BCUT2D eigenvalue weighted by atomic mass is 10.1. The molecule has 1 saturated heterocycles. The van der Waals surface area contributed by atoms with Crippen LogP contribution < -0.4 is 11.1 Å². The van der Waals surface area contributed by atoms with Crippen LogP contribution in [0.3, 0.4) is 0 Å². The average molecular weight is 380 g/mol. The highest BCUT2D eigenvalue weighted by Gasteiger charge is 2.32. The van der Waals surface area contributed by atoms with Gasteiger partial charge < -0.3 is 16.0 Å². The van der Waals surface area contributed by atoms with E-state index in [9.17, 15) is 19.2 Å². The number of benzene rings is 1. The number of likely N-dealkylation sites (tertiary alicyclic amines) is 1. The molecule has 1 atom stereocenters. The monoisotopic (exact) mass is 379 g/mol. The molecule has 0 bridgehead atoms. The summed E-state index contributed by atoms with van der Waals surface area (Å²) in [5.41, 5.74) is 5.79. The van der Waals surface area contributed by atoms with Crippen LogP contribution in [0.5, 0.6) is 0 Å². The largest absolute Gasteiger partial charge is 0.368 e. The Morgan fingerprint density at radius 3 is 2.46 bits per heavy atom. The molecule has 2 rings (SSSR count). The third-order valence-electron chi connectivity index (χ3n) is 4.31. The van der Waals surface area contributed by atoms with Crippen molar-refractivity contribution in [1.29, 1.82) is 0 Å². The number of nitrogens with two attached hydrogens (primary N) is 1. The van der Waals surface area contributed by atoms with Gasteiger partial charge in [-0.2, -0.15) is 0 Å². The summed E-state index contributed by atoms with van der Waals surface area (Å²) in [5, 5.41) is 3.16. The molecule has 0 radical (unpaired) electrons. The summed E-state index contributed by atoms with van der Waals surface area (Å²) in [4.78, 5) is 48.7. The van der Waals surface area contributed by atoms with Crippen LogP contribution in [0.4, 0.5) is 0 Å². The standard InChI is InChI=1S/C18H22ClN3O4/c19-13-5-3-12(4-6-13)15(23)7-8-16(24)21-10-9-17(25)22-11-1-2-14(22)18(20)26/h3-6,14H,1-2,7-11H2,(H2,20,26)(H,21,24). The van der Waals surface area contributed by atoms with Crippen LogP contribution in [0.1, 0.15) is 42.5 Å². The Hall–Kier alpha value is -2.41. The summed E-state index contributed by atoms with van der Waals surface area (Å²) in [6, 6.07) is 5.94. The molecule has 1 aliphatic heterocycles. The van der Waals surface area contributed by atoms with Crippen molar-refractivity contribution < 1.29 is 19.2 Å².